The van der Waals surface area contributed by atoms with E-state index in [0.717, 1.165) is 75.4 Å². The number of aromatic nitrogens is 1. The molecule has 1 amide bonds. The molecule has 1 aliphatic heterocycles. The summed E-state index contributed by atoms with van der Waals surface area (Å²) in [6, 6.07) is 12.1. The number of methoxy groups -OCH3 is 2. The van der Waals surface area contributed by atoms with Crippen LogP contribution in [0.1, 0.15) is 55.8 Å². The van der Waals surface area contributed by atoms with E-state index in [2.05, 4.69) is 27.3 Å². The van der Waals surface area contributed by atoms with Crippen LogP contribution in [-0.4, -0.2) is 43.1 Å². The molecule has 0 spiro atoms. The molecule has 0 bridgehead atoms. The highest BCUT2D eigenvalue weighted by molar-refractivity contribution is 5.79. The van der Waals surface area contributed by atoms with Crippen molar-refractivity contribution < 1.29 is 14.3 Å². The number of likely N-dealkylation sites (tertiary alicyclic amines) is 1. The lowest BCUT2D eigenvalue weighted by Crippen LogP contribution is -2.44. The van der Waals surface area contributed by atoms with Gasteiger partial charge in [0.25, 0.3) is 0 Å². The molecule has 6 heteroatoms. The number of pyridine rings is 1. The van der Waals surface area contributed by atoms with Gasteiger partial charge in [-0.3, -0.25) is 14.7 Å². The van der Waals surface area contributed by atoms with Crippen molar-refractivity contribution in [3.05, 3.63) is 53.9 Å². The second-order valence-electron chi connectivity index (χ2n) is 9.05. The van der Waals surface area contributed by atoms with Crippen molar-refractivity contribution >= 4 is 5.91 Å². The van der Waals surface area contributed by atoms with Gasteiger partial charge in [-0.15, -0.1) is 0 Å². The maximum atomic E-state index is 13.0. The molecule has 4 rings (SSSR count). The van der Waals surface area contributed by atoms with Gasteiger partial charge in [0, 0.05) is 25.2 Å². The van der Waals surface area contributed by atoms with E-state index in [1.165, 1.54) is 5.56 Å². The number of hydrogen-bond acceptors (Lipinski definition) is 5. The molecule has 2 aromatic rings. The topological polar surface area (TPSA) is 63.7 Å². The molecule has 1 aromatic carbocycles. The molecule has 0 unspecified atom stereocenters. The van der Waals surface area contributed by atoms with Crippen LogP contribution in [0.4, 0.5) is 0 Å². The largest absolute Gasteiger partial charge is 0.493 e. The maximum Gasteiger partial charge on any atom is 0.223 e. The predicted octanol–water partition coefficient (Wildman–Crippen LogP) is 4.36. The van der Waals surface area contributed by atoms with E-state index in [-0.39, 0.29) is 17.9 Å². The molecule has 6 nitrogen and oxygen atoms in total. The Hall–Kier alpha value is -2.60. The first-order chi connectivity index (χ1) is 15.7. The minimum absolute atomic E-state index is 0.0440. The number of ether oxygens (including phenoxy) is 2. The minimum atomic E-state index is -0.0440. The lowest BCUT2D eigenvalue weighted by Gasteiger charge is -2.37. The second-order valence-corrected chi connectivity index (χ2v) is 9.05. The van der Waals surface area contributed by atoms with Crippen LogP contribution in [0.15, 0.2) is 42.6 Å². The Morgan fingerprint density at radius 1 is 1.09 bits per heavy atom. The quantitative estimate of drug-likeness (QED) is 0.665. The normalized spacial score (nSPS) is 20.6. The van der Waals surface area contributed by atoms with Crippen molar-refractivity contribution in [1.29, 1.82) is 0 Å². The monoisotopic (exact) mass is 437 g/mol. The summed E-state index contributed by atoms with van der Waals surface area (Å²) in [6.07, 6.45) is 8.38. The van der Waals surface area contributed by atoms with Crippen molar-refractivity contribution in [3.8, 4) is 11.5 Å². The molecule has 0 radical (unpaired) electrons. The van der Waals surface area contributed by atoms with Crippen LogP contribution in [0.3, 0.4) is 0 Å². The van der Waals surface area contributed by atoms with E-state index in [1.54, 1.807) is 14.2 Å². The molecule has 1 N–H and O–H groups in total. The highest BCUT2D eigenvalue weighted by Gasteiger charge is 2.33. The van der Waals surface area contributed by atoms with Crippen molar-refractivity contribution in [2.75, 3.05) is 27.3 Å². The average Bonchev–Trinajstić information content (AvgIpc) is 3.38. The number of amides is 1. The van der Waals surface area contributed by atoms with E-state index in [1.807, 2.05) is 30.5 Å². The van der Waals surface area contributed by atoms with Crippen molar-refractivity contribution in [2.24, 2.45) is 11.8 Å². The van der Waals surface area contributed by atoms with Gasteiger partial charge in [-0.2, -0.15) is 0 Å². The fourth-order valence-electron chi connectivity index (χ4n) is 5.20. The highest BCUT2D eigenvalue weighted by atomic mass is 16.5. The molecule has 2 atom stereocenters. The number of rotatable bonds is 8. The zero-order valence-corrected chi connectivity index (χ0v) is 19.3. The number of piperidine rings is 1. The Bertz CT molecular complexity index is 883. The third kappa shape index (κ3) is 5.41. The first-order valence-electron chi connectivity index (χ1n) is 11.8. The Morgan fingerprint density at radius 2 is 1.91 bits per heavy atom. The first kappa shape index (κ1) is 22.6. The molecule has 1 saturated heterocycles. The lowest BCUT2D eigenvalue weighted by molar-refractivity contribution is -0.126. The number of carbonyl (C=O) groups excluding carboxylic acids is 1. The van der Waals surface area contributed by atoms with E-state index in [9.17, 15) is 4.79 Å². The molecular weight excluding hydrogens is 402 g/mol. The number of carbonyl (C=O) groups is 1. The van der Waals surface area contributed by atoms with Gasteiger partial charge in [-0.1, -0.05) is 25.0 Å². The zero-order chi connectivity index (χ0) is 22.3. The molecule has 172 valence electrons. The molecule has 2 fully saturated rings. The minimum Gasteiger partial charge on any atom is -0.493 e. The molecule has 2 heterocycles. The molecule has 1 aromatic heterocycles. The van der Waals surface area contributed by atoms with Crippen LogP contribution in [-0.2, 0) is 11.3 Å². The molecule has 1 aliphatic carbocycles. The molecule has 1 saturated carbocycles. The fraction of sp³-hybridized carbons (Fsp3) is 0.538. The van der Waals surface area contributed by atoms with Gasteiger partial charge in [0.15, 0.2) is 11.5 Å². The van der Waals surface area contributed by atoms with Crippen LogP contribution < -0.4 is 14.8 Å². The van der Waals surface area contributed by atoms with E-state index in [0.29, 0.717) is 5.92 Å². The third-order valence-corrected chi connectivity index (χ3v) is 6.90. The summed E-state index contributed by atoms with van der Waals surface area (Å²) in [4.78, 5) is 20.1. The van der Waals surface area contributed by atoms with Gasteiger partial charge in [0.2, 0.25) is 5.91 Å². The van der Waals surface area contributed by atoms with Crippen LogP contribution in [0, 0.1) is 11.8 Å². The zero-order valence-electron chi connectivity index (χ0n) is 19.3. The van der Waals surface area contributed by atoms with Gasteiger partial charge in [0.1, 0.15) is 0 Å². The third-order valence-electron chi connectivity index (χ3n) is 6.90. The summed E-state index contributed by atoms with van der Waals surface area (Å²) >= 11 is 0. The standard InChI is InChI=1S/C26H35N3O3/c1-31-23-13-12-19(16-24(23)32-2)17-29-15-7-10-21(18-29)25(22-11-5-6-14-27-22)28-26(30)20-8-3-4-9-20/h5-6,11-14,16,20-21,25H,3-4,7-10,15,17-18H2,1-2H3,(H,28,30)/t21-,25+/m1/s1. The first-order valence-corrected chi connectivity index (χ1v) is 11.8. The molecule has 32 heavy (non-hydrogen) atoms. The lowest BCUT2D eigenvalue weighted by atomic mass is 9.87. The molecular formula is C26H35N3O3. The van der Waals surface area contributed by atoms with Crippen LogP contribution >= 0.6 is 0 Å². The van der Waals surface area contributed by atoms with E-state index < -0.39 is 0 Å². The van der Waals surface area contributed by atoms with E-state index in [4.69, 9.17) is 9.47 Å². The van der Waals surface area contributed by atoms with Crippen molar-refractivity contribution in [3.63, 3.8) is 0 Å². The highest BCUT2D eigenvalue weighted by Crippen LogP contribution is 2.33. The summed E-state index contributed by atoms with van der Waals surface area (Å²) in [6.45, 7) is 2.83. The van der Waals surface area contributed by atoms with Crippen LogP contribution in [0.5, 0.6) is 11.5 Å². The van der Waals surface area contributed by atoms with Gasteiger partial charge in [0.05, 0.1) is 26.0 Å². The fourth-order valence-corrected chi connectivity index (χ4v) is 5.20. The number of nitrogens with one attached hydrogen (secondary N) is 1. The van der Waals surface area contributed by atoms with Crippen LogP contribution in [0.2, 0.25) is 0 Å². The summed E-state index contributed by atoms with van der Waals surface area (Å²) in [5.41, 5.74) is 2.17. The smallest absolute Gasteiger partial charge is 0.223 e. The summed E-state index contributed by atoms with van der Waals surface area (Å²) < 4.78 is 10.8. The number of hydrogen-bond donors (Lipinski definition) is 1. The Morgan fingerprint density at radius 3 is 2.62 bits per heavy atom. The van der Waals surface area contributed by atoms with Gasteiger partial charge in [-0.05, 0) is 68.0 Å². The van der Waals surface area contributed by atoms with Gasteiger partial charge in [-0.25, -0.2) is 0 Å². The summed E-state index contributed by atoms with van der Waals surface area (Å²) in [5.74, 6) is 2.21. The average molecular weight is 438 g/mol. The number of nitrogens with zero attached hydrogens (tertiary/aromatic N) is 2. The Balaban J connectivity index is 1.47. The Labute approximate surface area is 191 Å². The van der Waals surface area contributed by atoms with Gasteiger partial charge >= 0.3 is 0 Å². The summed E-state index contributed by atoms with van der Waals surface area (Å²) in [5, 5.41) is 3.40. The van der Waals surface area contributed by atoms with E-state index >= 15 is 0 Å². The van der Waals surface area contributed by atoms with Gasteiger partial charge < -0.3 is 14.8 Å². The summed E-state index contributed by atoms with van der Waals surface area (Å²) in [7, 11) is 3.33. The molecule has 2 aliphatic rings. The van der Waals surface area contributed by atoms with Crippen molar-refractivity contribution in [2.45, 2.75) is 51.1 Å². The Kier molecular flexibility index (Phi) is 7.63. The SMILES string of the molecule is COc1ccc(CN2CCC[C@@H]([C@H](NC(=O)C3CCCC3)c3ccccn3)C2)cc1OC. The maximum absolute atomic E-state index is 13.0. The second kappa shape index (κ2) is 10.8. The van der Waals surface area contributed by atoms with Crippen LogP contribution in [0.25, 0.3) is 0 Å². The number of benzene rings is 1. The van der Waals surface area contributed by atoms with Crippen molar-refractivity contribution in [1.82, 2.24) is 15.2 Å². The predicted molar refractivity (Wildman–Crippen MR) is 125 cm³/mol.